The van der Waals surface area contributed by atoms with E-state index < -0.39 is 6.09 Å². The van der Waals surface area contributed by atoms with Crippen molar-refractivity contribution in [2.75, 3.05) is 17.7 Å². The molecular weight excluding hydrogens is 476 g/mol. The fourth-order valence-electron chi connectivity index (χ4n) is 4.22. The van der Waals surface area contributed by atoms with Crippen LogP contribution >= 0.6 is 0 Å². The van der Waals surface area contributed by atoms with Gasteiger partial charge in [0, 0.05) is 23.7 Å². The van der Waals surface area contributed by atoms with Gasteiger partial charge in [-0.1, -0.05) is 62.4 Å². The fraction of sp³-hybridized carbons (Fsp3) is 0.188. The summed E-state index contributed by atoms with van der Waals surface area (Å²) in [5, 5.41) is 5.54. The van der Waals surface area contributed by atoms with Crippen molar-refractivity contribution in [1.82, 2.24) is 0 Å². The lowest BCUT2D eigenvalue weighted by Gasteiger charge is -2.26. The number of benzene rings is 4. The standard InChI is InChI=1S/C32H32N2O4/c1-22(35)33-27-13-5-23(6-14-27)21-24-7-15-28(16-8-24)34-31(36)38-30-19-11-26(12-20-30)32(2,3)25-9-17-29(37-4)18-10-25/h5-20H,21H2,1-4H3,(H,33,35)(H,34,36). The Balaban J connectivity index is 1.31. The van der Waals surface area contributed by atoms with Gasteiger partial charge in [-0.15, -0.1) is 0 Å². The van der Waals surface area contributed by atoms with Crippen LogP contribution in [0.4, 0.5) is 16.2 Å². The van der Waals surface area contributed by atoms with Crippen molar-refractivity contribution in [2.24, 2.45) is 0 Å². The lowest BCUT2D eigenvalue weighted by molar-refractivity contribution is -0.114. The van der Waals surface area contributed by atoms with Crippen LogP contribution in [0.1, 0.15) is 43.0 Å². The minimum atomic E-state index is -0.548. The molecule has 2 amide bonds. The van der Waals surface area contributed by atoms with Crippen molar-refractivity contribution in [2.45, 2.75) is 32.6 Å². The average Bonchev–Trinajstić information content (AvgIpc) is 2.91. The summed E-state index contributed by atoms with van der Waals surface area (Å²) >= 11 is 0. The summed E-state index contributed by atoms with van der Waals surface area (Å²) in [6.45, 7) is 5.80. The number of nitrogens with one attached hydrogen (secondary N) is 2. The Morgan fingerprint density at radius 3 is 1.55 bits per heavy atom. The molecule has 0 aliphatic carbocycles. The second kappa shape index (κ2) is 11.6. The minimum absolute atomic E-state index is 0.0925. The third-order valence-corrected chi connectivity index (χ3v) is 6.48. The third kappa shape index (κ3) is 6.79. The maximum absolute atomic E-state index is 12.5. The molecule has 0 spiro atoms. The molecule has 6 nitrogen and oxygen atoms in total. The van der Waals surface area contributed by atoms with E-state index >= 15 is 0 Å². The van der Waals surface area contributed by atoms with Crippen LogP contribution in [-0.4, -0.2) is 19.1 Å². The quantitative estimate of drug-likeness (QED) is 0.264. The highest BCUT2D eigenvalue weighted by Gasteiger charge is 2.23. The van der Waals surface area contributed by atoms with Crippen molar-refractivity contribution < 1.29 is 19.1 Å². The van der Waals surface area contributed by atoms with Gasteiger partial charge < -0.3 is 14.8 Å². The maximum Gasteiger partial charge on any atom is 0.417 e. The Hall–Kier alpha value is -4.58. The van der Waals surface area contributed by atoms with Gasteiger partial charge in [0.1, 0.15) is 11.5 Å². The number of hydrogen-bond acceptors (Lipinski definition) is 4. The zero-order valence-electron chi connectivity index (χ0n) is 22.1. The van der Waals surface area contributed by atoms with Crippen molar-refractivity contribution >= 4 is 23.4 Å². The normalized spacial score (nSPS) is 10.9. The van der Waals surface area contributed by atoms with E-state index in [4.69, 9.17) is 9.47 Å². The lowest BCUT2D eigenvalue weighted by Crippen LogP contribution is -2.19. The van der Waals surface area contributed by atoms with Crippen molar-refractivity contribution in [3.8, 4) is 11.5 Å². The number of anilines is 2. The van der Waals surface area contributed by atoms with Crippen LogP contribution in [0.5, 0.6) is 11.5 Å². The van der Waals surface area contributed by atoms with Gasteiger partial charge in [-0.25, -0.2) is 4.79 Å². The summed E-state index contributed by atoms with van der Waals surface area (Å²) in [4.78, 5) is 23.6. The molecule has 0 fully saturated rings. The van der Waals surface area contributed by atoms with Crippen LogP contribution in [0.2, 0.25) is 0 Å². The molecule has 194 valence electrons. The molecule has 4 aromatic carbocycles. The van der Waals surface area contributed by atoms with Gasteiger partial charge in [-0.3, -0.25) is 10.1 Å². The molecule has 4 aromatic rings. The summed E-state index contributed by atoms with van der Waals surface area (Å²) < 4.78 is 10.8. The van der Waals surface area contributed by atoms with Gasteiger partial charge in [-0.05, 0) is 77.2 Å². The van der Waals surface area contributed by atoms with Crippen LogP contribution in [-0.2, 0) is 16.6 Å². The van der Waals surface area contributed by atoms with Gasteiger partial charge in [0.05, 0.1) is 7.11 Å². The van der Waals surface area contributed by atoms with E-state index in [1.54, 1.807) is 19.2 Å². The van der Waals surface area contributed by atoms with Crippen molar-refractivity contribution in [3.63, 3.8) is 0 Å². The Kier molecular flexibility index (Phi) is 8.12. The number of rotatable bonds is 8. The lowest BCUT2D eigenvalue weighted by atomic mass is 9.78. The van der Waals surface area contributed by atoms with Crippen LogP contribution in [0.3, 0.4) is 0 Å². The third-order valence-electron chi connectivity index (χ3n) is 6.48. The highest BCUT2D eigenvalue weighted by atomic mass is 16.6. The molecule has 0 aliphatic rings. The van der Waals surface area contributed by atoms with Crippen molar-refractivity contribution in [3.05, 3.63) is 119 Å². The molecule has 0 radical (unpaired) electrons. The van der Waals surface area contributed by atoms with Crippen LogP contribution < -0.4 is 20.1 Å². The van der Waals surface area contributed by atoms with Gasteiger partial charge in [0.25, 0.3) is 0 Å². The van der Waals surface area contributed by atoms with Crippen LogP contribution in [0.25, 0.3) is 0 Å². The van der Waals surface area contributed by atoms with Crippen LogP contribution in [0.15, 0.2) is 97.1 Å². The molecule has 0 aromatic heterocycles. The molecule has 2 N–H and O–H groups in total. The zero-order chi connectivity index (χ0) is 27.1. The summed E-state index contributed by atoms with van der Waals surface area (Å²) in [6, 6.07) is 31.0. The second-order valence-corrected chi connectivity index (χ2v) is 9.64. The first-order valence-corrected chi connectivity index (χ1v) is 12.4. The number of ether oxygens (including phenoxy) is 2. The van der Waals surface area contributed by atoms with E-state index in [2.05, 4.69) is 36.6 Å². The topological polar surface area (TPSA) is 76.7 Å². The van der Waals surface area contributed by atoms with Gasteiger partial charge >= 0.3 is 6.09 Å². The fourth-order valence-corrected chi connectivity index (χ4v) is 4.22. The summed E-state index contributed by atoms with van der Waals surface area (Å²) in [7, 11) is 1.66. The van der Waals surface area contributed by atoms with E-state index in [9.17, 15) is 9.59 Å². The van der Waals surface area contributed by atoms with E-state index in [-0.39, 0.29) is 11.3 Å². The van der Waals surface area contributed by atoms with Gasteiger partial charge in [0.15, 0.2) is 0 Å². The first-order chi connectivity index (χ1) is 18.2. The van der Waals surface area contributed by atoms with Gasteiger partial charge in [0.2, 0.25) is 5.91 Å². The summed E-state index contributed by atoms with van der Waals surface area (Å²) in [5.41, 5.74) is 5.70. The average molecular weight is 509 g/mol. The molecule has 0 aliphatic heterocycles. The van der Waals surface area contributed by atoms with E-state index in [0.29, 0.717) is 11.4 Å². The molecule has 0 bridgehead atoms. The Bertz CT molecular complexity index is 1380. The largest absolute Gasteiger partial charge is 0.497 e. The number of hydrogen-bond donors (Lipinski definition) is 2. The van der Waals surface area contributed by atoms with E-state index in [0.717, 1.165) is 40.1 Å². The second-order valence-electron chi connectivity index (χ2n) is 9.64. The first-order valence-electron chi connectivity index (χ1n) is 12.4. The number of carbonyl (C=O) groups is 2. The minimum Gasteiger partial charge on any atom is -0.497 e. The Morgan fingerprint density at radius 2 is 1.11 bits per heavy atom. The Labute approximate surface area is 223 Å². The number of methoxy groups -OCH3 is 1. The highest BCUT2D eigenvalue weighted by molar-refractivity contribution is 5.88. The molecule has 0 atom stereocenters. The zero-order valence-corrected chi connectivity index (χ0v) is 22.1. The molecule has 0 saturated heterocycles. The SMILES string of the molecule is COc1ccc(C(C)(C)c2ccc(OC(=O)Nc3ccc(Cc4ccc(NC(C)=O)cc4)cc3)cc2)cc1. The molecule has 38 heavy (non-hydrogen) atoms. The smallest absolute Gasteiger partial charge is 0.417 e. The predicted octanol–water partition coefficient (Wildman–Crippen LogP) is 7.18. The summed E-state index contributed by atoms with van der Waals surface area (Å²) in [6.07, 6.45) is 0.193. The maximum atomic E-state index is 12.5. The molecule has 0 saturated carbocycles. The van der Waals surface area contributed by atoms with Crippen LogP contribution in [0, 0.1) is 0 Å². The monoisotopic (exact) mass is 508 g/mol. The predicted molar refractivity (Wildman–Crippen MR) is 151 cm³/mol. The molecule has 4 rings (SSSR count). The number of carbonyl (C=O) groups excluding carboxylic acids is 2. The first kappa shape index (κ1) is 26.5. The molecular formula is C32H32N2O4. The van der Waals surface area contributed by atoms with E-state index in [1.165, 1.54) is 6.92 Å². The molecule has 0 unspecified atom stereocenters. The summed E-state index contributed by atoms with van der Waals surface area (Å²) in [5.74, 6) is 1.20. The highest BCUT2D eigenvalue weighted by Crippen LogP contribution is 2.33. The number of amides is 2. The molecule has 0 heterocycles. The van der Waals surface area contributed by atoms with E-state index in [1.807, 2.05) is 72.8 Å². The van der Waals surface area contributed by atoms with Crippen molar-refractivity contribution in [1.29, 1.82) is 0 Å². The Morgan fingerprint density at radius 1 is 0.658 bits per heavy atom. The molecule has 6 heteroatoms. The van der Waals surface area contributed by atoms with Gasteiger partial charge in [-0.2, -0.15) is 0 Å².